The molecule has 3 rings (SSSR count). The van der Waals surface area contributed by atoms with Crippen LogP contribution >= 0.6 is 0 Å². The molecule has 1 fully saturated rings. The summed E-state index contributed by atoms with van der Waals surface area (Å²) >= 11 is 0. The standard InChI is InChI=1S/C20H28FN5O4S/c1-14-12-30-20(2,3)13-26(14)18-17(21)11-22-19(25-18)24-15-5-7-16(8-6-15)31(27,28)23-9-10-29-4/h5-8,11,14,23H,9-10,12-13H2,1-4H3,(H,22,24,25)/t14-/m0/s1. The van der Waals surface area contributed by atoms with E-state index in [0.717, 1.165) is 6.20 Å². The number of nitrogens with zero attached hydrogens (tertiary/aromatic N) is 3. The molecule has 2 heterocycles. The molecule has 0 amide bonds. The van der Waals surface area contributed by atoms with Crippen molar-refractivity contribution < 1.29 is 22.3 Å². The van der Waals surface area contributed by atoms with Crippen LogP contribution < -0.4 is 14.9 Å². The average molecular weight is 454 g/mol. The van der Waals surface area contributed by atoms with Gasteiger partial charge in [0.1, 0.15) is 0 Å². The van der Waals surface area contributed by atoms with Crippen LogP contribution in [0, 0.1) is 5.82 Å². The third-order valence-corrected chi connectivity index (χ3v) is 6.29. The first kappa shape index (κ1) is 23.3. The van der Waals surface area contributed by atoms with Gasteiger partial charge in [0, 0.05) is 25.9 Å². The molecule has 2 aromatic rings. The van der Waals surface area contributed by atoms with Gasteiger partial charge in [0.05, 0.1) is 35.9 Å². The topological polar surface area (TPSA) is 106 Å². The molecule has 0 spiro atoms. The minimum Gasteiger partial charge on any atom is -0.383 e. The summed E-state index contributed by atoms with van der Waals surface area (Å²) in [6, 6.07) is 6.08. The Morgan fingerprint density at radius 2 is 2.03 bits per heavy atom. The molecule has 1 aliphatic rings. The molecule has 11 heteroatoms. The fraction of sp³-hybridized carbons (Fsp3) is 0.500. The molecule has 0 aliphatic carbocycles. The second-order valence-electron chi connectivity index (χ2n) is 7.95. The number of anilines is 3. The summed E-state index contributed by atoms with van der Waals surface area (Å²) in [4.78, 5) is 10.4. The highest BCUT2D eigenvalue weighted by molar-refractivity contribution is 7.89. The number of rotatable bonds is 8. The van der Waals surface area contributed by atoms with E-state index >= 15 is 0 Å². The molecule has 170 valence electrons. The predicted molar refractivity (Wildman–Crippen MR) is 116 cm³/mol. The van der Waals surface area contributed by atoms with Gasteiger partial charge >= 0.3 is 0 Å². The third kappa shape index (κ3) is 5.88. The monoisotopic (exact) mass is 453 g/mol. The highest BCUT2D eigenvalue weighted by Crippen LogP contribution is 2.28. The van der Waals surface area contributed by atoms with E-state index in [1.165, 1.54) is 19.2 Å². The number of morpholine rings is 1. The van der Waals surface area contributed by atoms with Crippen molar-refractivity contribution in [2.75, 3.05) is 43.6 Å². The Hall–Kier alpha value is -2.34. The number of sulfonamides is 1. The zero-order valence-corrected chi connectivity index (χ0v) is 18.9. The van der Waals surface area contributed by atoms with Gasteiger partial charge in [0.2, 0.25) is 16.0 Å². The molecule has 0 radical (unpaired) electrons. The first-order valence-electron chi connectivity index (χ1n) is 9.90. The second-order valence-corrected chi connectivity index (χ2v) is 9.72. The van der Waals surface area contributed by atoms with E-state index in [9.17, 15) is 12.8 Å². The van der Waals surface area contributed by atoms with Gasteiger partial charge in [-0.1, -0.05) is 0 Å². The summed E-state index contributed by atoms with van der Waals surface area (Å²) in [7, 11) is -2.13. The lowest BCUT2D eigenvalue weighted by molar-refractivity contribution is -0.0425. The van der Waals surface area contributed by atoms with Crippen LogP contribution in [0.25, 0.3) is 0 Å². The summed E-state index contributed by atoms with van der Waals surface area (Å²) in [6.07, 6.45) is 1.12. The van der Waals surface area contributed by atoms with E-state index < -0.39 is 21.4 Å². The van der Waals surface area contributed by atoms with E-state index in [4.69, 9.17) is 9.47 Å². The molecule has 0 bridgehead atoms. The van der Waals surface area contributed by atoms with Crippen LogP contribution in [0.1, 0.15) is 20.8 Å². The van der Waals surface area contributed by atoms with Gasteiger partial charge in [0.15, 0.2) is 11.6 Å². The van der Waals surface area contributed by atoms with Crippen LogP contribution in [0.3, 0.4) is 0 Å². The largest absolute Gasteiger partial charge is 0.383 e. The molecule has 31 heavy (non-hydrogen) atoms. The SMILES string of the molecule is COCCNS(=O)(=O)c1ccc(Nc2ncc(F)c(N3CC(C)(C)OC[C@@H]3C)n2)cc1. The number of ether oxygens (including phenoxy) is 2. The summed E-state index contributed by atoms with van der Waals surface area (Å²) in [5, 5.41) is 3.00. The number of aromatic nitrogens is 2. The van der Waals surface area contributed by atoms with E-state index in [1.54, 1.807) is 12.1 Å². The number of halogens is 1. The van der Waals surface area contributed by atoms with Crippen LogP contribution in [0.2, 0.25) is 0 Å². The van der Waals surface area contributed by atoms with Crippen molar-refractivity contribution in [3.8, 4) is 0 Å². The van der Waals surface area contributed by atoms with Crippen molar-refractivity contribution in [3.05, 3.63) is 36.3 Å². The van der Waals surface area contributed by atoms with Gasteiger partial charge < -0.3 is 19.7 Å². The van der Waals surface area contributed by atoms with Crippen molar-refractivity contribution >= 4 is 27.5 Å². The van der Waals surface area contributed by atoms with Crippen molar-refractivity contribution in [2.24, 2.45) is 0 Å². The van der Waals surface area contributed by atoms with Crippen LogP contribution in [-0.4, -0.2) is 63.4 Å². The van der Waals surface area contributed by atoms with E-state index in [1.807, 2.05) is 25.7 Å². The van der Waals surface area contributed by atoms with Crippen molar-refractivity contribution in [1.82, 2.24) is 14.7 Å². The molecule has 1 aromatic carbocycles. The van der Waals surface area contributed by atoms with E-state index in [-0.39, 0.29) is 35.9 Å². The molecule has 0 saturated carbocycles. The van der Waals surface area contributed by atoms with Crippen LogP contribution in [-0.2, 0) is 19.5 Å². The lowest BCUT2D eigenvalue weighted by Gasteiger charge is -2.43. The number of hydrogen-bond donors (Lipinski definition) is 2. The van der Waals surface area contributed by atoms with Crippen LogP contribution in [0.15, 0.2) is 35.4 Å². The van der Waals surface area contributed by atoms with Gasteiger partial charge in [-0.25, -0.2) is 22.5 Å². The van der Waals surface area contributed by atoms with Gasteiger partial charge in [-0.05, 0) is 45.0 Å². The zero-order valence-electron chi connectivity index (χ0n) is 18.1. The molecular weight excluding hydrogens is 425 g/mol. The summed E-state index contributed by atoms with van der Waals surface area (Å²) in [5.74, 6) is -0.108. The molecule has 9 nitrogen and oxygen atoms in total. The van der Waals surface area contributed by atoms with Crippen LogP contribution in [0.4, 0.5) is 21.8 Å². The van der Waals surface area contributed by atoms with Crippen molar-refractivity contribution in [3.63, 3.8) is 0 Å². The van der Waals surface area contributed by atoms with Crippen molar-refractivity contribution in [2.45, 2.75) is 37.3 Å². The summed E-state index contributed by atoms with van der Waals surface area (Å²) in [5.41, 5.74) is 0.152. The minimum atomic E-state index is -3.62. The first-order chi connectivity index (χ1) is 14.6. The predicted octanol–water partition coefficient (Wildman–Crippen LogP) is 2.29. The maximum atomic E-state index is 14.5. The summed E-state index contributed by atoms with van der Waals surface area (Å²) in [6.45, 7) is 7.26. The Kier molecular flexibility index (Phi) is 7.10. The summed E-state index contributed by atoms with van der Waals surface area (Å²) < 4.78 is 52.1. The Morgan fingerprint density at radius 3 is 2.71 bits per heavy atom. The molecule has 2 N–H and O–H groups in total. The van der Waals surface area contributed by atoms with E-state index in [0.29, 0.717) is 18.8 Å². The highest BCUT2D eigenvalue weighted by atomic mass is 32.2. The van der Waals surface area contributed by atoms with Gasteiger partial charge in [-0.2, -0.15) is 4.98 Å². The number of hydrogen-bond acceptors (Lipinski definition) is 8. The average Bonchev–Trinajstić information content (AvgIpc) is 2.72. The number of nitrogens with one attached hydrogen (secondary N) is 2. The van der Waals surface area contributed by atoms with Gasteiger partial charge in [-0.15, -0.1) is 0 Å². The van der Waals surface area contributed by atoms with E-state index in [2.05, 4.69) is 20.0 Å². The molecular formula is C20H28FN5O4S. The van der Waals surface area contributed by atoms with Crippen LogP contribution in [0.5, 0.6) is 0 Å². The Labute approximate surface area is 182 Å². The number of benzene rings is 1. The highest BCUT2D eigenvalue weighted by Gasteiger charge is 2.34. The molecule has 1 atom stereocenters. The van der Waals surface area contributed by atoms with Gasteiger partial charge in [-0.3, -0.25) is 0 Å². The second kappa shape index (κ2) is 9.43. The quantitative estimate of drug-likeness (QED) is 0.587. The van der Waals surface area contributed by atoms with Gasteiger partial charge in [0.25, 0.3) is 0 Å². The lowest BCUT2D eigenvalue weighted by atomic mass is 10.0. The maximum absolute atomic E-state index is 14.5. The molecule has 1 aromatic heterocycles. The minimum absolute atomic E-state index is 0.0413. The Balaban J connectivity index is 1.75. The smallest absolute Gasteiger partial charge is 0.240 e. The fourth-order valence-corrected chi connectivity index (χ4v) is 4.17. The molecule has 1 aliphatic heterocycles. The normalized spacial score (nSPS) is 18.7. The first-order valence-corrected chi connectivity index (χ1v) is 11.4. The lowest BCUT2D eigenvalue weighted by Crippen LogP contribution is -2.53. The van der Waals surface area contributed by atoms with Crippen molar-refractivity contribution in [1.29, 1.82) is 0 Å². The Bertz CT molecular complexity index is 1000. The zero-order chi connectivity index (χ0) is 22.6. The molecule has 1 saturated heterocycles. The Morgan fingerprint density at radius 1 is 1.32 bits per heavy atom. The third-order valence-electron chi connectivity index (χ3n) is 4.82. The maximum Gasteiger partial charge on any atom is 0.240 e. The molecule has 0 unspecified atom stereocenters. The number of methoxy groups -OCH3 is 1. The fourth-order valence-electron chi connectivity index (χ4n) is 3.16.